The maximum atomic E-state index is 11.8. The van der Waals surface area contributed by atoms with E-state index in [1.807, 2.05) is 0 Å². The van der Waals surface area contributed by atoms with Gasteiger partial charge in [0.1, 0.15) is 0 Å². The number of nitrogens with zero attached hydrogens (tertiary/aromatic N) is 1. The molecule has 0 fully saturated rings. The number of nitro benzene ring substituents is 1. The molecular formula is C12H11AcBrN2O5S. The van der Waals surface area contributed by atoms with E-state index in [4.69, 9.17) is 10.2 Å². The number of rotatable bonds is 4. The predicted molar refractivity (Wildman–Crippen MR) is 80.5 cm³/mol. The van der Waals surface area contributed by atoms with Gasteiger partial charge in [0.2, 0.25) is 10.0 Å². The molecule has 0 saturated heterocycles. The second kappa shape index (κ2) is 7.64. The molecule has 3 N–H and O–H groups in total. The molecule has 7 nitrogen and oxygen atoms in total. The molecule has 0 bridgehead atoms. The van der Waals surface area contributed by atoms with E-state index in [0.717, 1.165) is 0 Å². The Morgan fingerprint density at radius 3 is 2.50 bits per heavy atom. The van der Waals surface area contributed by atoms with Crippen molar-refractivity contribution in [3.05, 3.63) is 44.4 Å². The van der Waals surface area contributed by atoms with Crippen molar-refractivity contribution < 1.29 is 62.5 Å². The summed E-state index contributed by atoms with van der Waals surface area (Å²) in [7, 11) is -4.15. The molecule has 0 aliphatic heterocycles. The topological polar surface area (TPSA) is 124 Å². The van der Waals surface area contributed by atoms with Crippen LogP contribution in [0.5, 0.6) is 0 Å². The third-order valence-corrected chi connectivity index (χ3v) is 4.87. The van der Waals surface area contributed by atoms with Gasteiger partial charge >= 0.3 is 0 Å². The normalized spacial score (nSPS) is 11.2. The SMILES string of the molecule is NS(=O)(=O)c1cc(CCO)c(Br)c2cccc([N+](=O)[O-])c12.[Ac]. The minimum Gasteiger partial charge on any atom is -0.396 e. The summed E-state index contributed by atoms with van der Waals surface area (Å²) in [5.41, 5.74) is 0.169. The molecule has 2 aromatic carbocycles. The quantitative estimate of drug-likeness (QED) is 0.408. The Morgan fingerprint density at radius 2 is 2.00 bits per heavy atom. The van der Waals surface area contributed by atoms with E-state index in [0.29, 0.717) is 15.4 Å². The molecule has 10 heteroatoms. The maximum absolute atomic E-state index is 11.8. The molecule has 0 atom stereocenters. The van der Waals surface area contributed by atoms with Crippen molar-refractivity contribution in [3.8, 4) is 0 Å². The number of hydrogen-bond acceptors (Lipinski definition) is 5. The van der Waals surface area contributed by atoms with Gasteiger partial charge < -0.3 is 5.11 Å². The molecule has 0 aromatic heterocycles. The number of sulfonamides is 1. The summed E-state index contributed by atoms with van der Waals surface area (Å²) in [6.07, 6.45) is 0.196. The van der Waals surface area contributed by atoms with Crippen LogP contribution in [0.1, 0.15) is 5.56 Å². The first-order chi connectivity index (χ1) is 9.77. The Bertz CT molecular complexity index is 841. The van der Waals surface area contributed by atoms with Gasteiger partial charge in [0.15, 0.2) is 0 Å². The van der Waals surface area contributed by atoms with Crippen molar-refractivity contribution in [3.63, 3.8) is 0 Å². The van der Waals surface area contributed by atoms with E-state index in [-0.39, 0.29) is 73.1 Å². The van der Waals surface area contributed by atoms with Gasteiger partial charge in [-0.3, -0.25) is 10.1 Å². The van der Waals surface area contributed by atoms with Gasteiger partial charge in [-0.1, -0.05) is 12.1 Å². The second-order valence-electron chi connectivity index (χ2n) is 4.32. The second-order valence-corrected chi connectivity index (χ2v) is 6.65. The largest absolute Gasteiger partial charge is 0.396 e. The third-order valence-electron chi connectivity index (χ3n) is 3.00. The van der Waals surface area contributed by atoms with E-state index in [2.05, 4.69) is 15.9 Å². The minimum absolute atomic E-state index is 0. The predicted octanol–water partition coefficient (Wildman–Crippen LogP) is 1.69. The monoisotopic (exact) mass is 601 g/mol. The fraction of sp³-hybridized carbons (Fsp3) is 0.167. The molecule has 0 amide bonds. The fourth-order valence-electron chi connectivity index (χ4n) is 2.13. The number of aliphatic hydroxyl groups is 1. The zero-order chi connectivity index (χ0) is 15.8. The number of primary sulfonamides is 1. The zero-order valence-corrected chi connectivity index (χ0v) is 18.3. The molecule has 0 unspecified atom stereocenters. The Morgan fingerprint density at radius 1 is 1.36 bits per heavy atom. The summed E-state index contributed by atoms with van der Waals surface area (Å²) < 4.78 is 24.0. The number of fused-ring (bicyclic) bond motifs is 1. The first-order valence-corrected chi connectivity index (χ1v) is 8.13. The van der Waals surface area contributed by atoms with Crippen LogP contribution < -0.4 is 5.14 Å². The van der Waals surface area contributed by atoms with Crippen LogP contribution >= 0.6 is 15.9 Å². The summed E-state index contributed by atoms with van der Waals surface area (Å²) in [5.74, 6) is 0. The van der Waals surface area contributed by atoms with E-state index in [1.165, 1.54) is 18.2 Å². The van der Waals surface area contributed by atoms with Crippen molar-refractivity contribution in [1.29, 1.82) is 0 Å². The fourth-order valence-corrected chi connectivity index (χ4v) is 3.58. The smallest absolute Gasteiger partial charge is 0.278 e. The van der Waals surface area contributed by atoms with Crippen molar-refractivity contribution in [2.24, 2.45) is 5.14 Å². The van der Waals surface area contributed by atoms with Crippen molar-refractivity contribution in [2.45, 2.75) is 11.3 Å². The van der Waals surface area contributed by atoms with E-state index in [1.54, 1.807) is 6.07 Å². The third kappa shape index (κ3) is 3.86. The van der Waals surface area contributed by atoms with Gasteiger partial charge in [-0.05, 0) is 34.0 Å². The van der Waals surface area contributed by atoms with Crippen LogP contribution in [0.2, 0.25) is 0 Å². The molecule has 115 valence electrons. The van der Waals surface area contributed by atoms with Gasteiger partial charge in [-0.15, -0.1) is 0 Å². The summed E-state index contributed by atoms with van der Waals surface area (Å²) >= 11 is 3.30. The Kier molecular flexibility index (Phi) is 6.92. The maximum Gasteiger partial charge on any atom is 0.278 e. The molecule has 0 heterocycles. The number of hydrogen-bond donors (Lipinski definition) is 2. The molecule has 0 aliphatic carbocycles. The van der Waals surface area contributed by atoms with Crippen molar-refractivity contribution >= 4 is 42.4 Å². The van der Waals surface area contributed by atoms with Crippen LogP contribution in [0.15, 0.2) is 33.6 Å². The van der Waals surface area contributed by atoms with Crippen LogP contribution in [0.3, 0.4) is 0 Å². The molecule has 2 rings (SSSR count). The van der Waals surface area contributed by atoms with Gasteiger partial charge in [0.05, 0.1) is 15.2 Å². The van der Waals surface area contributed by atoms with Crippen LogP contribution in [0.25, 0.3) is 10.8 Å². The molecule has 1 radical (unpaired) electrons. The number of aliphatic hydroxyl groups excluding tert-OH is 1. The Labute approximate surface area is 170 Å². The minimum atomic E-state index is -4.15. The molecule has 0 spiro atoms. The number of halogens is 1. The van der Waals surface area contributed by atoms with E-state index >= 15 is 0 Å². The Hall–Kier alpha value is -0.108. The first kappa shape index (κ1) is 19.9. The van der Waals surface area contributed by atoms with E-state index in [9.17, 15) is 18.5 Å². The van der Waals surface area contributed by atoms with Crippen LogP contribution in [-0.4, -0.2) is 25.1 Å². The summed E-state index contributed by atoms with van der Waals surface area (Å²) in [5, 5.41) is 25.7. The molecular weight excluding hydrogens is 591 g/mol. The summed E-state index contributed by atoms with van der Waals surface area (Å²) in [4.78, 5) is 10.2. The van der Waals surface area contributed by atoms with Gasteiger partial charge in [-0.2, -0.15) is 0 Å². The number of benzene rings is 2. The zero-order valence-electron chi connectivity index (χ0n) is 11.2. The standard InChI is InChI=1S/C12H11BrN2O5S.Ac/c13-12-7(4-5-16)6-10(21(14,19)20)11-8(12)2-1-3-9(11)15(17)18;/h1-3,6,16H,4-5H2,(H2,14,19,20);. The van der Waals surface area contributed by atoms with Crippen LogP contribution in [-0.2, 0) is 16.4 Å². The van der Waals surface area contributed by atoms with Crippen molar-refractivity contribution in [2.75, 3.05) is 6.61 Å². The average Bonchev–Trinajstić information content (AvgIpc) is 2.40. The first-order valence-electron chi connectivity index (χ1n) is 5.79. The molecule has 22 heavy (non-hydrogen) atoms. The van der Waals surface area contributed by atoms with Gasteiger partial charge in [0.25, 0.3) is 5.69 Å². The number of nitrogens with two attached hydrogens (primary N) is 1. The number of nitro groups is 1. The van der Waals surface area contributed by atoms with Crippen LogP contribution in [0.4, 0.5) is 5.69 Å². The number of non-ortho nitro benzene ring substituents is 1. The van der Waals surface area contributed by atoms with E-state index < -0.39 is 14.9 Å². The molecule has 2 aromatic rings. The van der Waals surface area contributed by atoms with Gasteiger partial charge in [0, 0.05) is 66.6 Å². The van der Waals surface area contributed by atoms with Crippen molar-refractivity contribution in [1.82, 2.24) is 0 Å². The summed E-state index contributed by atoms with van der Waals surface area (Å²) in [6, 6.07) is 5.49. The average molecular weight is 602 g/mol. The summed E-state index contributed by atoms with van der Waals surface area (Å²) in [6.45, 7) is -0.191. The van der Waals surface area contributed by atoms with Gasteiger partial charge in [-0.25, -0.2) is 13.6 Å². The molecule has 0 saturated carbocycles. The van der Waals surface area contributed by atoms with Crippen LogP contribution in [0, 0.1) is 54.2 Å². The molecule has 0 aliphatic rings. The Balaban J connectivity index is 0.00000242.